The standard InChI is InChI=1S/C22H24N4O8/c27-18-6-4-14(24-20(29)12-3-5-16-17(8-12)34-11-33-16)22(31)26-15(2-1-7-25(18)26)21(30)23-13-9-19(28)32-10-13/h3,5,8,13-15H,1-2,4,6-7,9-11H2,(H,23,30)(H,24,29)/t13-,14-,15-/m0/s1. The summed E-state index contributed by atoms with van der Waals surface area (Å²) in [7, 11) is 0. The summed E-state index contributed by atoms with van der Waals surface area (Å²) in [6, 6.07) is 2.30. The average Bonchev–Trinajstić information content (AvgIpc) is 3.45. The number of carbonyl (C=O) groups is 5. The molecular formula is C22H24N4O8. The molecule has 0 aliphatic carbocycles. The van der Waals surface area contributed by atoms with E-state index in [1.54, 1.807) is 12.1 Å². The van der Waals surface area contributed by atoms with E-state index < -0.39 is 41.8 Å². The molecule has 3 fully saturated rings. The molecule has 34 heavy (non-hydrogen) atoms. The maximum absolute atomic E-state index is 13.5. The van der Waals surface area contributed by atoms with Gasteiger partial charge in [-0.05, 0) is 37.5 Å². The summed E-state index contributed by atoms with van der Waals surface area (Å²) in [4.78, 5) is 63.5. The van der Waals surface area contributed by atoms with Gasteiger partial charge in [0.2, 0.25) is 18.6 Å². The van der Waals surface area contributed by atoms with Crippen molar-refractivity contribution in [2.45, 2.75) is 50.2 Å². The third-order valence-corrected chi connectivity index (χ3v) is 6.31. The zero-order chi connectivity index (χ0) is 23.8. The number of cyclic esters (lactones) is 1. The first-order valence-corrected chi connectivity index (χ1v) is 11.2. The summed E-state index contributed by atoms with van der Waals surface area (Å²) in [5.74, 6) is -1.22. The SMILES string of the molecule is O=C1C[C@H](NC(=O)[C@@H]2CCCN3C(=O)CC[C@H](NC(=O)c4ccc5c(c4)OCO5)C(=O)N23)CO1. The molecule has 4 amide bonds. The van der Waals surface area contributed by atoms with Crippen LogP contribution in [0.1, 0.15) is 42.5 Å². The van der Waals surface area contributed by atoms with Crippen LogP contribution in [0, 0.1) is 0 Å². The third-order valence-electron chi connectivity index (χ3n) is 6.31. The third kappa shape index (κ3) is 4.11. The number of nitrogens with one attached hydrogen (secondary N) is 2. The number of carbonyl (C=O) groups excluding carboxylic acids is 5. The molecule has 180 valence electrons. The van der Waals surface area contributed by atoms with Gasteiger partial charge in [0.15, 0.2) is 11.5 Å². The number of fused-ring (bicyclic) bond motifs is 2. The molecule has 2 N–H and O–H groups in total. The fourth-order valence-electron chi connectivity index (χ4n) is 4.59. The van der Waals surface area contributed by atoms with Gasteiger partial charge in [-0.15, -0.1) is 0 Å². The van der Waals surface area contributed by atoms with Crippen molar-refractivity contribution in [2.75, 3.05) is 19.9 Å². The van der Waals surface area contributed by atoms with E-state index in [0.29, 0.717) is 30.9 Å². The van der Waals surface area contributed by atoms with Crippen molar-refractivity contribution in [1.29, 1.82) is 0 Å². The molecule has 4 aliphatic rings. The van der Waals surface area contributed by atoms with Crippen LogP contribution in [0.25, 0.3) is 0 Å². The van der Waals surface area contributed by atoms with Crippen LogP contribution in [-0.4, -0.2) is 77.7 Å². The Kier molecular flexibility index (Phi) is 5.72. The zero-order valence-corrected chi connectivity index (χ0v) is 18.3. The lowest BCUT2D eigenvalue weighted by molar-refractivity contribution is -0.176. The van der Waals surface area contributed by atoms with Gasteiger partial charge in [-0.2, -0.15) is 0 Å². The maximum Gasteiger partial charge on any atom is 0.308 e. The van der Waals surface area contributed by atoms with Crippen molar-refractivity contribution in [2.24, 2.45) is 0 Å². The smallest absolute Gasteiger partial charge is 0.308 e. The molecule has 1 aromatic carbocycles. The van der Waals surface area contributed by atoms with Gasteiger partial charge in [-0.3, -0.25) is 29.0 Å². The fourth-order valence-corrected chi connectivity index (χ4v) is 4.59. The number of nitrogens with zero attached hydrogens (tertiary/aromatic N) is 2. The molecule has 3 saturated heterocycles. The first kappa shape index (κ1) is 22.0. The molecule has 0 radical (unpaired) electrons. The topological polar surface area (TPSA) is 144 Å². The van der Waals surface area contributed by atoms with E-state index in [1.807, 2.05) is 0 Å². The summed E-state index contributed by atoms with van der Waals surface area (Å²) in [5, 5.41) is 7.93. The van der Waals surface area contributed by atoms with Crippen LogP contribution in [0.3, 0.4) is 0 Å². The molecule has 4 aliphatic heterocycles. The van der Waals surface area contributed by atoms with E-state index in [0.717, 1.165) is 0 Å². The molecule has 3 atom stereocenters. The molecule has 4 heterocycles. The summed E-state index contributed by atoms with van der Waals surface area (Å²) in [5.41, 5.74) is 0.281. The number of benzene rings is 1. The van der Waals surface area contributed by atoms with E-state index in [9.17, 15) is 24.0 Å². The quantitative estimate of drug-likeness (QED) is 0.557. The van der Waals surface area contributed by atoms with Crippen LogP contribution in [0.15, 0.2) is 18.2 Å². The minimum absolute atomic E-state index is 0.0492. The van der Waals surface area contributed by atoms with E-state index in [-0.39, 0.29) is 44.1 Å². The van der Waals surface area contributed by atoms with Crippen molar-refractivity contribution in [1.82, 2.24) is 20.7 Å². The van der Waals surface area contributed by atoms with Crippen LogP contribution in [-0.2, 0) is 23.9 Å². The second-order valence-electron chi connectivity index (χ2n) is 8.58. The van der Waals surface area contributed by atoms with E-state index >= 15 is 0 Å². The molecule has 5 rings (SSSR count). The van der Waals surface area contributed by atoms with Crippen LogP contribution in [0.5, 0.6) is 11.5 Å². The van der Waals surface area contributed by atoms with E-state index in [4.69, 9.17) is 14.2 Å². The Balaban J connectivity index is 1.33. The normalized spacial score (nSPS) is 26.0. The lowest BCUT2D eigenvalue weighted by atomic mass is 10.0. The molecule has 0 unspecified atom stereocenters. The maximum atomic E-state index is 13.5. The Labute approximate surface area is 194 Å². The Morgan fingerprint density at radius 3 is 2.62 bits per heavy atom. The summed E-state index contributed by atoms with van der Waals surface area (Å²) in [6.45, 7) is 0.448. The number of hydrogen-bond acceptors (Lipinski definition) is 8. The highest BCUT2D eigenvalue weighted by Crippen LogP contribution is 2.32. The number of hydrogen-bond donors (Lipinski definition) is 2. The highest BCUT2D eigenvalue weighted by Gasteiger charge is 2.45. The average molecular weight is 472 g/mol. The van der Waals surface area contributed by atoms with Crippen LogP contribution < -0.4 is 20.1 Å². The summed E-state index contributed by atoms with van der Waals surface area (Å²) < 4.78 is 15.4. The van der Waals surface area contributed by atoms with Gasteiger partial charge in [0.25, 0.3) is 11.8 Å². The lowest BCUT2D eigenvalue weighted by Crippen LogP contribution is -2.64. The second kappa shape index (κ2) is 8.84. The van der Waals surface area contributed by atoms with Crippen molar-refractivity contribution < 1.29 is 38.2 Å². The molecule has 0 aromatic heterocycles. The monoisotopic (exact) mass is 472 g/mol. The van der Waals surface area contributed by atoms with Crippen molar-refractivity contribution in [3.63, 3.8) is 0 Å². The van der Waals surface area contributed by atoms with Crippen LogP contribution in [0.4, 0.5) is 0 Å². The molecule has 0 saturated carbocycles. The van der Waals surface area contributed by atoms with Crippen molar-refractivity contribution >= 4 is 29.6 Å². The number of esters is 1. The minimum Gasteiger partial charge on any atom is -0.463 e. The second-order valence-corrected chi connectivity index (χ2v) is 8.58. The Morgan fingerprint density at radius 2 is 1.82 bits per heavy atom. The van der Waals surface area contributed by atoms with Crippen LogP contribution >= 0.6 is 0 Å². The van der Waals surface area contributed by atoms with Crippen molar-refractivity contribution in [3.05, 3.63) is 23.8 Å². The Hall–Kier alpha value is -3.83. The Bertz CT molecular complexity index is 1060. The largest absolute Gasteiger partial charge is 0.463 e. The molecule has 0 bridgehead atoms. The molecule has 0 spiro atoms. The van der Waals surface area contributed by atoms with Crippen LogP contribution in [0.2, 0.25) is 0 Å². The fraction of sp³-hybridized carbons (Fsp3) is 0.500. The minimum atomic E-state index is -0.989. The summed E-state index contributed by atoms with van der Waals surface area (Å²) >= 11 is 0. The first-order chi connectivity index (χ1) is 16.4. The first-order valence-electron chi connectivity index (χ1n) is 11.2. The van der Waals surface area contributed by atoms with Gasteiger partial charge >= 0.3 is 5.97 Å². The highest BCUT2D eigenvalue weighted by atomic mass is 16.7. The van der Waals surface area contributed by atoms with Crippen molar-refractivity contribution in [3.8, 4) is 11.5 Å². The summed E-state index contributed by atoms with van der Waals surface area (Å²) in [6.07, 6.45) is 1.12. The number of ether oxygens (including phenoxy) is 3. The molecular weight excluding hydrogens is 448 g/mol. The number of rotatable bonds is 4. The lowest BCUT2D eigenvalue weighted by Gasteiger charge is -2.43. The van der Waals surface area contributed by atoms with Gasteiger partial charge in [-0.1, -0.05) is 0 Å². The highest BCUT2D eigenvalue weighted by molar-refractivity contribution is 6.00. The van der Waals surface area contributed by atoms with Gasteiger partial charge in [-0.25, -0.2) is 5.01 Å². The molecule has 12 heteroatoms. The zero-order valence-electron chi connectivity index (χ0n) is 18.3. The van der Waals surface area contributed by atoms with Gasteiger partial charge < -0.3 is 24.8 Å². The predicted octanol–water partition coefficient (Wildman–Crippen LogP) is -0.526. The Morgan fingerprint density at radius 1 is 1.00 bits per heavy atom. The van der Waals surface area contributed by atoms with Gasteiger partial charge in [0.1, 0.15) is 18.7 Å². The molecule has 1 aromatic rings. The van der Waals surface area contributed by atoms with Gasteiger partial charge in [0, 0.05) is 18.5 Å². The number of hydrazine groups is 1. The molecule has 12 nitrogen and oxygen atoms in total. The van der Waals surface area contributed by atoms with E-state index in [2.05, 4.69) is 10.6 Å². The van der Waals surface area contributed by atoms with Gasteiger partial charge in [0.05, 0.1) is 12.5 Å². The predicted molar refractivity (Wildman–Crippen MR) is 112 cm³/mol. The number of amides is 4. The van der Waals surface area contributed by atoms with E-state index in [1.165, 1.54) is 16.1 Å².